The molecule has 0 aliphatic heterocycles. The third kappa shape index (κ3) is 9.05. The zero-order valence-corrected chi connectivity index (χ0v) is 29.7. The lowest BCUT2D eigenvalue weighted by atomic mass is 9.60. The minimum Gasteiger partial charge on any atom is -0.0599 e. The fourth-order valence-electron chi connectivity index (χ4n) is 11.9. The van der Waals surface area contributed by atoms with Crippen molar-refractivity contribution >= 4 is 0 Å². The molecule has 0 radical (unpaired) electrons. The Balaban J connectivity index is 1.11. The number of rotatable bonds is 10. The number of unbranched alkanes of at least 4 members (excludes halogenated alkanes) is 1. The van der Waals surface area contributed by atoms with Crippen molar-refractivity contribution in [1.29, 1.82) is 0 Å². The van der Waals surface area contributed by atoms with E-state index in [1.165, 1.54) is 57.8 Å². The molecule has 0 spiro atoms. The quantitative estimate of drug-likeness (QED) is 0.225. The van der Waals surface area contributed by atoms with Gasteiger partial charge in [0.25, 0.3) is 0 Å². The van der Waals surface area contributed by atoms with E-state index in [-0.39, 0.29) is 0 Å². The van der Waals surface area contributed by atoms with E-state index in [0.29, 0.717) is 10.8 Å². The van der Waals surface area contributed by atoms with Gasteiger partial charge in [-0.2, -0.15) is 0 Å². The average Bonchev–Trinajstić information content (AvgIpc) is 3.64. The van der Waals surface area contributed by atoms with Gasteiger partial charge in [0, 0.05) is 0 Å². The Morgan fingerprint density at radius 3 is 1.57 bits per heavy atom. The van der Waals surface area contributed by atoms with Gasteiger partial charge in [0.05, 0.1) is 0 Å². The molecule has 5 unspecified atom stereocenters. The van der Waals surface area contributed by atoms with Crippen molar-refractivity contribution in [3.8, 4) is 0 Å². The van der Waals surface area contributed by atoms with Crippen LogP contribution in [0, 0.1) is 70.0 Å². The second kappa shape index (κ2) is 15.1. The molecule has 244 valence electrons. The van der Waals surface area contributed by atoms with Gasteiger partial charge in [-0.15, -0.1) is 0 Å². The normalized spacial score (nSPS) is 37.9. The molecule has 0 N–H and O–H groups in total. The SMILES string of the molecule is CC(C)(C)C1CC(CCCCC2CCC(C3CCCC3)C2C2CCC(CCC3CCCCC3)CC2)CC(C(C)(C)C)C1. The van der Waals surface area contributed by atoms with Crippen molar-refractivity contribution in [2.24, 2.45) is 70.0 Å². The third-order valence-electron chi connectivity index (χ3n) is 14.8. The van der Waals surface area contributed by atoms with Crippen molar-refractivity contribution in [3.05, 3.63) is 0 Å². The summed E-state index contributed by atoms with van der Waals surface area (Å²) in [6, 6.07) is 0. The predicted octanol–water partition coefficient (Wildman–Crippen LogP) is 13.7. The number of hydrogen-bond donors (Lipinski definition) is 0. The molecule has 5 aliphatic rings. The fourth-order valence-corrected chi connectivity index (χ4v) is 11.9. The summed E-state index contributed by atoms with van der Waals surface area (Å²) in [6.45, 7) is 15.1. The Labute approximate surface area is 265 Å². The van der Waals surface area contributed by atoms with Gasteiger partial charge in [0.1, 0.15) is 0 Å². The first kappa shape index (κ1) is 33.4. The van der Waals surface area contributed by atoms with E-state index >= 15 is 0 Å². The van der Waals surface area contributed by atoms with Crippen LogP contribution in [0.5, 0.6) is 0 Å². The Morgan fingerprint density at radius 2 is 0.976 bits per heavy atom. The summed E-state index contributed by atoms with van der Waals surface area (Å²) in [4.78, 5) is 0. The average molecular weight is 581 g/mol. The van der Waals surface area contributed by atoms with Gasteiger partial charge in [0.2, 0.25) is 0 Å². The van der Waals surface area contributed by atoms with Gasteiger partial charge < -0.3 is 0 Å². The van der Waals surface area contributed by atoms with Crippen LogP contribution in [0.3, 0.4) is 0 Å². The molecule has 0 nitrogen and oxygen atoms in total. The molecule has 0 aromatic heterocycles. The van der Waals surface area contributed by atoms with Crippen LogP contribution in [0.4, 0.5) is 0 Å². The van der Waals surface area contributed by atoms with E-state index in [4.69, 9.17) is 0 Å². The molecule has 5 atom stereocenters. The summed E-state index contributed by atoms with van der Waals surface area (Å²) in [5, 5.41) is 0. The van der Waals surface area contributed by atoms with Crippen LogP contribution in [-0.2, 0) is 0 Å². The maximum atomic E-state index is 2.52. The van der Waals surface area contributed by atoms with Crippen LogP contribution in [0.1, 0.15) is 196 Å². The highest BCUT2D eigenvalue weighted by atomic mass is 14.5. The van der Waals surface area contributed by atoms with Crippen LogP contribution in [-0.4, -0.2) is 0 Å². The van der Waals surface area contributed by atoms with Crippen LogP contribution < -0.4 is 0 Å². The molecule has 0 heterocycles. The zero-order chi connectivity index (χ0) is 29.7. The highest BCUT2D eigenvalue weighted by molar-refractivity contribution is 4.95. The molecule has 42 heavy (non-hydrogen) atoms. The molecule has 5 fully saturated rings. The first-order valence-electron chi connectivity index (χ1n) is 20.1. The zero-order valence-electron chi connectivity index (χ0n) is 29.7. The highest BCUT2D eigenvalue weighted by Gasteiger charge is 2.45. The van der Waals surface area contributed by atoms with Crippen molar-refractivity contribution < 1.29 is 0 Å². The van der Waals surface area contributed by atoms with Gasteiger partial charge in [0.15, 0.2) is 0 Å². The van der Waals surface area contributed by atoms with Crippen LogP contribution in [0.25, 0.3) is 0 Å². The minimum atomic E-state index is 0.476. The van der Waals surface area contributed by atoms with Crippen LogP contribution >= 0.6 is 0 Å². The van der Waals surface area contributed by atoms with E-state index in [1.807, 2.05) is 0 Å². The van der Waals surface area contributed by atoms with Crippen molar-refractivity contribution in [2.45, 2.75) is 196 Å². The smallest absolute Gasteiger partial charge is 0.0326 e. The molecule has 5 rings (SSSR count). The molecular formula is C42H76. The summed E-state index contributed by atoms with van der Waals surface area (Å²) < 4.78 is 0. The predicted molar refractivity (Wildman–Crippen MR) is 185 cm³/mol. The van der Waals surface area contributed by atoms with E-state index < -0.39 is 0 Å². The van der Waals surface area contributed by atoms with E-state index in [0.717, 1.165) is 59.2 Å². The Hall–Kier alpha value is 0. The van der Waals surface area contributed by atoms with Crippen LogP contribution in [0.2, 0.25) is 0 Å². The van der Waals surface area contributed by atoms with Crippen molar-refractivity contribution in [2.75, 3.05) is 0 Å². The lowest BCUT2D eigenvalue weighted by Crippen LogP contribution is -2.36. The Morgan fingerprint density at radius 1 is 0.429 bits per heavy atom. The molecule has 0 amide bonds. The lowest BCUT2D eigenvalue weighted by molar-refractivity contribution is 0.0457. The molecule has 0 heteroatoms. The summed E-state index contributed by atoms with van der Waals surface area (Å²) in [5.74, 6) is 10.5. The van der Waals surface area contributed by atoms with Gasteiger partial charge >= 0.3 is 0 Å². The Bertz CT molecular complexity index is 737. The number of hydrogen-bond acceptors (Lipinski definition) is 0. The van der Waals surface area contributed by atoms with Gasteiger partial charge in [-0.3, -0.25) is 0 Å². The molecular weight excluding hydrogens is 504 g/mol. The maximum Gasteiger partial charge on any atom is -0.0326 e. The van der Waals surface area contributed by atoms with E-state index in [9.17, 15) is 0 Å². The summed E-state index contributed by atoms with van der Waals surface area (Å²) in [7, 11) is 0. The van der Waals surface area contributed by atoms with Gasteiger partial charge in [-0.1, -0.05) is 151 Å². The standard InChI is InChI=1S/C42H76/c1-41(2,3)37-28-33(29-38(30-37)42(4,5)6)16-10-11-19-35-26-27-39(34-17-12-13-18-34)40(35)36-24-22-32(23-25-36)21-20-31-14-8-7-9-15-31/h31-40H,7-30H2,1-6H3. The van der Waals surface area contributed by atoms with Crippen molar-refractivity contribution in [1.82, 2.24) is 0 Å². The molecule has 0 saturated heterocycles. The molecule has 5 aliphatic carbocycles. The van der Waals surface area contributed by atoms with Crippen molar-refractivity contribution in [3.63, 3.8) is 0 Å². The summed E-state index contributed by atoms with van der Waals surface area (Å²) >= 11 is 0. The topological polar surface area (TPSA) is 0 Å². The second-order valence-electron chi connectivity index (χ2n) is 19.5. The first-order chi connectivity index (χ1) is 20.1. The molecule has 5 saturated carbocycles. The largest absolute Gasteiger partial charge is 0.0599 e. The first-order valence-corrected chi connectivity index (χ1v) is 20.1. The monoisotopic (exact) mass is 581 g/mol. The third-order valence-corrected chi connectivity index (χ3v) is 14.8. The highest BCUT2D eigenvalue weighted by Crippen LogP contribution is 2.55. The second-order valence-corrected chi connectivity index (χ2v) is 19.5. The van der Waals surface area contributed by atoms with E-state index in [2.05, 4.69) is 41.5 Å². The van der Waals surface area contributed by atoms with Crippen LogP contribution in [0.15, 0.2) is 0 Å². The maximum absolute atomic E-state index is 2.52. The lowest BCUT2D eigenvalue weighted by Gasteiger charge is -2.46. The molecule has 0 aromatic rings. The van der Waals surface area contributed by atoms with E-state index in [1.54, 1.807) is 96.3 Å². The van der Waals surface area contributed by atoms with Gasteiger partial charge in [-0.05, 0) is 115 Å². The molecule has 0 bridgehead atoms. The summed E-state index contributed by atoms with van der Waals surface area (Å²) in [6.07, 6.45) is 37.3. The minimum absolute atomic E-state index is 0.476. The summed E-state index contributed by atoms with van der Waals surface area (Å²) in [5.41, 5.74) is 0.951. The fraction of sp³-hybridized carbons (Fsp3) is 1.00. The van der Waals surface area contributed by atoms with Gasteiger partial charge in [-0.25, -0.2) is 0 Å². The Kier molecular flexibility index (Phi) is 12.0. The molecule has 0 aromatic carbocycles.